The summed E-state index contributed by atoms with van der Waals surface area (Å²) in [6.07, 6.45) is 7.61. The molecule has 0 radical (unpaired) electrons. The lowest BCUT2D eigenvalue weighted by molar-refractivity contribution is 0.392. The van der Waals surface area contributed by atoms with Crippen molar-refractivity contribution in [1.82, 2.24) is 5.32 Å². The number of ether oxygens (including phenoxy) is 1. The summed E-state index contributed by atoms with van der Waals surface area (Å²) in [5, 5.41) is 3.69. The third-order valence-electron chi connectivity index (χ3n) is 4.72. The smallest absolute Gasteiger partial charge is 0.118 e. The van der Waals surface area contributed by atoms with Crippen LogP contribution in [0, 0.1) is 17.8 Å². The highest BCUT2D eigenvalue weighted by Crippen LogP contribution is 2.43. The van der Waals surface area contributed by atoms with Gasteiger partial charge in [-0.05, 0) is 61.8 Å². The quantitative estimate of drug-likeness (QED) is 0.814. The standard InChI is InChI=1S/C17H23NO/c1-12(14-5-7-17(19-2)8-6-14)18-11-16-10-13-3-4-15(16)9-13/h3-8,12-13,15-16,18H,9-11H2,1-2H3/t12-,13?,15?,16?/m0/s1. The number of hydrogen-bond acceptors (Lipinski definition) is 2. The molecule has 0 saturated heterocycles. The van der Waals surface area contributed by atoms with Crippen LogP contribution in [0.3, 0.4) is 0 Å². The Bertz CT molecular complexity index is 451. The van der Waals surface area contributed by atoms with E-state index in [2.05, 4.69) is 36.5 Å². The SMILES string of the molecule is COc1ccc([C@H](C)NCC2CC3C=CC2C3)cc1. The Kier molecular flexibility index (Phi) is 3.61. The maximum Gasteiger partial charge on any atom is 0.118 e. The lowest BCUT2D eigenvalue weighted by Gasteiger charge is -2.22. The van der Waals surface area contributed by atoms with Gasteiger partial charge in [-0.25, -0.2) is 0 Å². The second-order valence-electron chi connectivity index (χ2n) is 5.94. The molecule has 3 rings (SSSR count). The predicted octanol–water partition coefficient (Wildman–Crippen LogP) is 3.56. The molecule has 1 aromatic carbocycles. The van der Waals surface area contributed by atoms with Crippen LogP contribution in [0.1, 0.15) is 31.4 Å². The van der Waals surface area contributed by atoms with Crippen molar-refractivity contribution in [2.45, 2.75) is 25.8 Å². The summed E-state index contributed by atoms with van der Waals surface area (Å²) < 4.78 is 5.20. The Morgan fingerprint density at radius 2 is 2.00 bits per heavy atom. The number of benzene rings is 1. The highest BCUT2D eigenvalue weighted by molar-refractivity contribution is 5.28. The molecule has 2 heteroatoms. The number of fused-ring (bicyclic) bond motifs is 2. The van der Waals surface area contributed by atoms with Crippen molar-refractivity contribution in [2.24, 2.45) is 17.8 Å². The number of hydrogen-bond donors (Lipinski definition) is 1. The molecule has 19 heavy (non-hydrogen) atoms. The van der Waals surface area contributed by atoms with Crippen molar-refractivity contribution in [3.8, 4) is 5.75 Å². The van der Waals surface area contributed by atoms with Gasteiger partial charge in [-0.3, -0.25) is 0 Å². The summed E-state index contributed by atoms with van der Waals surface area (Å²) in [6.45, 7) is 3.38. The highest BCUT2D eigenvalue weighted by Gasteiger charge is 2.35. The number of rotatable bonds is 5. The van der Waals surface area contributed by atoms with Crippen molar-refractivity contribution >= 4 is 0 Å². The number of allylic oxidation sites excluding steroid dienone is 2. The van der Waals surface area contributed by atoms with Gasteiger partial charge < -0.3 is 10.1 Å². The van der Waals surface area contributed by atoms with E-state index in [0.717, 1.165) is 30.0 Å². The van der Waals surface area contributed by atoms with Crippen molar-refractivity contribution in [3.63, 3.8) is 0 Å². The molecule has 1 N–H and O–H groups in total. The van der Waals surface area contributed by atoms with Crippen LogP contribution in [-0.4, -0.2) is 13.7 Å². The third-order valence-corrected chi connectivity index (χ3v) is 4.72. The molecule has 3 unspecified atom stereocenters. The van der Waals surface area contributed by atoms with Gasteiger partial charge in [0.25, 0.3) is 0 Å². The Balaban J connectivity index is 1.53. The fourth-order valence-corrected chi connectivity index (χ4v) is 3.47. The average Bonchev–Trinajstić information content (AvgIpc) is 3.07. The van der Waals surface area contributed by atoms with Gasteiger partial charge in [0, 0.05) is 6.04 Å². The van der Waals surface area contributed by atoms with Crippen LogP contribution >= 0.6 is 0 Å². The van der Waals surface area contributed by atoms with E-state index in [-0.39, 0.29) is 0 Å². The second kappa shape index (κ2) is 5.38. The van der Waals surface area contributed by atoms with E-state index in [9.17, 15) is 0 Å². The number of nitrogens with one attached hydrogen (secondary N) is 1. The molecule has 0 spiro atoms. The molecule has 1 saturated carbocycles. The van der Waals surface area contributed by atoms with Crippen LogP contribution in [0.15, 0.2) is 36.4 Å². The molecule has 2 aliphatic carbocycles. The Morgan fingerprint density at radius 1 is 1.21 bits per heavy atom. The Labute approximate surface area is 115 Å². The Morgan fingerprint density at radius 3 is 2.58 bits per heavy atom. The van der Waals surface area contributed by atoms with E-state index in [1.54, 1.807) is 7.11 Å². The monoisotopic (exact) mass is 257 g/mol. The maximum atomic E-state index is 5.20. The van der Waals surface area contributed by atoms with Gasteiger partial charge in [-0.15, -0.1) is 0 Å². The molecule has 0 aliphatic heterocycles. The molecule has 0 heterocycles. The fraction of sp³-hybridized carbons (Fsp3) is 0.529. The highest BCUT2D eigenvalue weighted by atomic mass is 16.5. The van der Waals surface area contributed by atoms with Gasteiger partial charge in [-0.2, -0.15) is 0 Å². The average molecular weight is 257 g/mol. The first-order chi connectivity index (χ1) is 9.26. The molecule has 0 amide bonds. The van der Waals surface area contributed by atoms with Crippen molar-refractivity contribution in [1.29, 1.82) is 0 Å². The van der Waals surface area contributed by atoms with Crippen molar-refractivity contribution in [3.05, 3.63) is 42.0 Å². The first-order valence-electron chi connectivity index (χ1n) is 7.32. The van der Waals surface area contributed by atoms with Gasteiger partial charge in [0.1, 0.15) is 5.75 Å². The topological polar surface area (TPSA) is 21.3 Å². The largest absolute Gasteiger partial charge is 0.497 e. The molecule has 2 nitrogen and oxygen atoms in total. The lowest BCUT2D eigenvalue weighted by Crippen LogP contribution is -2.27. The van der Waals surface area contributed by atoms with Crippen LogP contribution in [0.4, 0.5) is 0 Å². The van der Waals surface area contributed by atoms with Crippen LogP contribution in [-0.2, 0) is 0 Å². The summed E-state index contributed by atoms with van der Waals surface area (Å²) in [5.74, 6) is 3.47. The third kappa shape index (κ3) is 2.69. The zero-order valence-corrected chi connectivity index (χ0v) is 11.8. The predicted molar refractivity (Wildman–Crippen MR) is 78.3 cm³/mol. The van der Waals surface area contributed by atoms with E-state index in [4.69, 9.17) is 4.74 Å². The van der Waals surface area contributed by atoms with E-state index in [0.29, 0.717) is 6.04 Å². The van der Waals surface area contributed by atoms with E-state index in [1.165, 1.54) is 18.4 Å². The molecule has 1 fully saturated rings. The Hall–Kier alpha value is -1.28. The molecular formula is C17H23NO. The van der Waals surface area contributed by atoms with E-state index >= 15 is 0 Å². The van der Waals surface area contributed by atoms with Crippen LogP contribution in [0.25, 0.3) is 0 Å². The van der Waals surface area contributed by atoms with Gasteiger partial charge in [-0.1, -0.05) is 24.3 Å². The molecule has 2 aliphatic rings. The van der Waals surface area contributed by atoms with Crippen LogP contribution < -0.4 is 10.1 Å². The molecular weight excluding hydrogens is 234 g/mol. The fourth-order valence-electron chi connectivity index (χ4n) is 3.47. The normalized spacial score (nSPS) is 29.7. The summed E-state index contributed by atoms with van der Waals surface area (Å²) in [5.41, 5.74) is 1.33. The summed E-state index contributed by atoms with van der Waals surface area (Å²) in [4.78, 5) is 0. The van der Waals surface area contributed by atoms with Gasteiger partial charge in [0.15, 0.2) is 0 Å². The summed E-state index contributed by atoms with van der Waals surface area (Å²) in [6, 6.07) is 8.78. The minimum atomic E-state index is 0.411. The van der Waals surface area contributed by atoms with Crippen LogP contribution in [0.2, 0.25) is 0 Å². The van der Waals surface area contributed by atoms with E-state index < -0.39 is 0 Å². The maximum absolute atomic E-state index is 5.20. The van der Waals surface area contributed by atoms with Crippen molar-refractivity contribution < 1.29 is 4.74 Å². The number of methoxy groups -OCH3 is 1. The van der Waals surface area contributed by atoms with Gasteiger partial charge in [0.2, 0.25) is 0 Å². The first kappa shape index (κ1) is 12.7. The lowest BCUT2D eigenvalue weighted by atomic mass is 9.93. The molecule has 102 valence electrons. The molecule has 0 aromatic heterocycles. The molecule has 1 aromatic rings. The zero-order chi connectivity index (χ0) is 13.2. The summed E-state index contributed by atoms with van der Waals surface area (Å²) in [7, 11) is 1.71. The minimum Gasteiger partial charge on any atom is -0.497 e. The second-order valence-corrected chi connectivity index (χ2v) is 5.94. The van der Waals surface area contributed by atoms with E-state index in [1.807, 2.05) is 12.1 Å². The van der Waals surface area contributed by atoms with Gasteiger partial charge >= 0.3 is 0 Å². The first-order valence-corrected chi connectivity index (χ1v) is 7.32. The van der Waals surface area contributed by atoms with Crippen molar-refractivity contribution in [2.75, 3.05) is 13.7 Å². The summed E-state index contributed by atoms with van der Waals surface area (Å²) >= 11 is 0. The minimum absolute atomic E-state index is 0.411. The van der Waals surface area contributed by atoms with Crippen LogP contribution in [0.5, 0.6) is 5.75 Å². The molecule has 4 atom stereocenters. The zero-order valence-electron chi connectivity index (χ0n) is 11.8. The molecule has 2 bridgehead atoms. The van der Waals surface area contributed by atoms with Gasteiger partial charge in [0.05, 0.1) is 7.11 Å².